The van der Waals surface area contributed by atoms with Crippen molar-refractivity contribution in [2.24, 2.45) is 0 Å². The summed E-state index contributed by atoms with van der Waals surface area (Å²) in [6.07, 6.45) is 72.5. The van der Waals surface area contributed by atoms with Crippen LogP contribution in [0.2, 0.25) is 0 Å². The topological polar surface area (TPSA) is 78.9 Å². The molecule has 0 aliphatic heterocycles. The Bertz CT molecular complexity index is 1090. The van der Waals surface area contributed by atoms with E-state index in [9.17, 15) is 14.4 Å². The quantitative estimate of drug-likeness (QED) is 0.0343. The Balaban J connectivity index is 4.27. The predicted molar refractivity (Wildman–Crippen MR) is 317 cm³/mol. The van der Waals surface area contributed by atoms with E-state index in [4.69, 9.17) is 14.2 Å². The van der Waals surface area contributed by atoms with Gasteiger partial charge in [0, 0.05) is 19.3 Å². The van der Waals surface area contributed by atoms with E-state index in [0.29, 0.717) is 19.3 Å². The molecule has 73 heavy (non-hydrogen) atoms. The number of carbonyl (C=O) groups excluding carboxylic acids is 3. The molecule has 0 N–H and O–H groups in total. The summed E-state index contributed by atoms with van der Waals surface area (Å²) in [5.74, 6) is -0.820. The highest BCUT2D eigenvalue weighted by molar-refractivity contribution is 5.71. The van der Waals surface area contributed by atoms with Gasteiger partial charge in [-0.1, -0.05) is 355 Å². The van der Waals surface area contributed by atoms with E-state index in [1.807, 2.05) is 0 Å². The minimum atomic E-state index is -0.763. The summed E-state index contributed by atoms with van der Waals surface area (Å²) in [7, 11) is 0. The van der Waals surface area contributed by atoms with Crippen LogP contribution in [0.4, 0.5) is 0 Å². The van der Waals surface area contributed by atoms with E-state index >= 15 is 0 Å². The van der Waals surface area contributed by atoms with Crippen molar-refractivity contribution in [3.05, 3.63) is 0 Å². The smallest absolute Gasteiger partial charge is 0.306 e. The zero-order valence-electron chi connectivity index (χ0n) is 50.0. The molecular formula is C67H130O6. The van der Waals surface area contributed by atoms with Gasteiger partial charge in [0.15, 0.2) is 6.10 Å². The van der Waals surface area contributed by atoms with Crippen molar-refractivity contribution >= 4 is 17.9 Å². The lowest BCUT2D eigenvalue weighted by Crippen LogP contribution is -2.30. The highest BCUT2D eigenvalue weighted by atomic mass is 16.6. The number of esters is 3. The summed E-state index contributed by atoms with van der Waals surface area (Å²) in [6, 6.07) is 0. The predicted octanol–water partition coefficient (Wildman–Crippen LogP) is 22.7. The zero-order valence-corrected chi connectivity index (χ0v) is 50.0. The molecule has 0 bridgehead atoms. The standard InChI is InChI=1S/C67H130O6/c1-4-7-10-13-16-19-22-25-28-31-33-36-39-42-45-48-51-54-57-60-66(69)72-63-64(62-71-65(68)59-56-53-50-47-44-41-38-35-30-27-24-21-18-15-12-9-6-3)73-67(70)61-58-55-52-49-46-43-40-37-34-32-29-26-23-20-17-14-11-8-5-2/h64H,4-63H2,1-3H3/t64-/m1/s1. The van der Waals surface area contributed by atoms with Gasteiger partial charge in [-0.3, -0.25) is 14.4 Å². The van der Waals surface area contributed by atoms with Crippen molar-refractivity contribution in [1.29, 1.82) is 0 Å². The Labute approximate surface area is 457 Å². The van der Waals surface area contributed by atoms with Crippen LogP contribution in [0.25, 0.3) is 0 Å². The van der Waals surface area contributed by atoms with Crippen LogP contribution >= 0.6 is 0 Å². The van der Waals surface area contributed by atoms with Gasteiger partial charge in [-0.2, -0.15) is 0 Å². The molecule has 0 aliphatic carbocycles. The first kappa shape index (κ1) is 71.4. The SMILES string of the molecule is CCCCCCCCCCCCCCCCCCCCCC(=O)OC[C@@H](COC(=O)CCCCCCCCCCCCCCCCCCC)OC(=O)CCCCCCCCCCCCCCCCCCCCC. The second-order valence-electron chi connectivity index (χ2n) is 23.1. The molecule has 0 saturated heterocycles. The Morgan fingerprint density at radius 1 is 0.219 bits per heavy atom. The molecule has 0 rings (SSSR count). The normalized spacial score (nSPS) is 11.9. The molecule has 0 spiro atoms. The van der Waals surface area contributed by atoms with Crippen molar-refractivity contribution in [1.82, 2.24) is 0 Å². The van der Waals surface area contributed by atoms with Crippen molar-refractivity contribution in [3.63, 3.8) is 0 Å². The number of rotatable bonds is 63. The average Bonchev–Trinajstić information content (AvgIpc) is 3.39. The largest absolute Gasteiger partial charge is 0.462 e. The maximum atomic E-state index is 12.9. The van der Waals surface area contributed by atoms with Crippen molar-refractivity contribution in [2.45, 2.75) is 399 Å². The molecule has 0 aliphatic rings. The summed E-state index contributed by atoms with van der Waals surface area (Å²) in [4.78, 5) is 38.4. The van der Waals surface area contributed by atoms with Gasteiger partial charge in [0.05, 0.1) is 0 Å². The van der Waals surface area contributed by atoms with Crippen molar-refractivity contribution in [2.75, 3.05) is 13.2 Å². The average molecular weight is 1030 g/mol. The minimum absolute atomic E-state index is 0.0602. The molecule has 6 heteroatoms. The van der Waals surface area contributed by atoms with E-state index < -0.39 is 6.10 Å². The van der Waals surface area contributed by atoms with Gasteiger partial charge < -0.3 is 14.2 Å². The molecule has 434 valence electrons. The minimum Gasteiger partial charge on any atom is -0.462 e. The summed E-state index contributed by atoms with van der Waals surface area (Å²) in [5, 5.41) is 0. The fraction of sp³-hybridized carbons (Fsp3) is 0.955. The number of hydrogen-bond acceptors (Lipinski definition) is 6. The molecule has 0 unspecified atom stereocenters. The maximum Gasteiger partial charge on any atom is 0.306 e. The Morgan fingerprint density at radius 3 is 0.548 bits per heavy atom. The molecule has 0 aromatic rings. The Kier molecular flexibility index (Phi) is 61.6. The van der Waals surface area contributed by atoms with Gasteiger partial charge in [-0.05, 0) is 19.3 Å². The molecule has 0 saturated carbocycles. The van der Waals surface area contributed by atoms with Gasteiger partial charge in [-0.25, -0.2) is 0 Å². The van der Waals surface area contributed by atoms with Crippen LogP contribution in [0.3, 0.4) is 0 Å². The fourth-order valence-corrected chi connectivity index (χ4v) is 10.6. The first-order valence-electron chi connectivity index (χ1n) is 33.5. The van der Waals surface area contributed by atoms with Crippen molar-refractivity contribution in [3.8, 4) is 0 Å². The molecular weight excluding hydrogens is 901 g/mol. The molecule has 1 atom stereocenters. The lowest BCUT2D eigenvalue weighted by molar-refractivity contribution is -0.167. The van der Waals surface area contributed by atoms with E-state index in [-0.39, 0.29) is 31.1 Å². The molecule has 0 fully saturated rings. The molecule has 6 nitrogen and oxygen atoms in total. The third-order valence-corrected chi connectivity index (χ3v) is 15.6. The van der Waals surface area contributed by atoms with Gasteiger partial charge in [0.2, 0.25) is 0 Å². The zero-order chi connectivity index (χ0) is 52.9. The monoisotopic (exact) mass is 1030 g/mol. The number of carbonyl (C=O) groups is 3. The third kappa shape index (κ3) is 61.1. The Hall–Kier alpha value is -1.59. The lowest BCUT2D eigenvalue weighted by Gasteiger charge is -2.18. The number of hydrogen-bond donors (Lipinski definition) is 0. The van der Waals surface area contributed by atoms with Crippen LogP contribution in [0, 0.1) is 0 Å². The number of unbranched alkanes of at least 4 members (excludes halogenated alkanes) is 52. The molecule has 0 heterocycles. The van der Waals surface area contributed by atoms with Crippen LogP contribution < -0.4 is 0 Å². The van der Waals surface area contributed by atoms with Crippen molar-refractivity contribution < 1.29 is 28.6 Å². The maximum absolute atomic E-state index is 12.9. The van der Waals surface area contributed by atoms with Gasteiger partial charge in [-0.15, -0.1) is 0 Å². The summed E-state index contributed by atoms with van der Waals surface area (Å²) >= 11 is 0. The first-order chi connectivity index (χ1) is 36.0. The summed E-state index contributed by atoms with van der Waals surface area (Å²) in [5.41, 5.74) is 0. The van der Waals surface area contributed by atoms with Gasteiger partial charge in [0.1, 0.15) is 13.2 Å². The highest BCUT2D eigenvalue weighted by Crippen LogP contribution is 2.19. The Morgan fingerprint density at radius 2 is 0.370 bits per heavy atom. The summed E-state index contributed by atoms with van der Waals surface area (Å²) < 4.78 is 17.0. The summed E-state index contributed by atoms with van der Waals surface area (Å²) in [6.45, 7) is 6.74. The van der Waals surface area contributed by atoms with Crippen LogP contribution in [0.1, 0.15) is 393 Å². The first-order valence-corrected chi connectivity index (χ1v) is 33.5. The van der Waals surface area contributed by atoms with Gasteiger partial charge in [0.25, 0.3) is 0 Å². The van der Waals surface area contributed by atoms with Gasteiger partial charge >= 0.3 is 17.9 Å². The van der Waals surface area contributed by atoms with Crippen LogP contribution in [-0.4, -0.2) is 37.2 Å². The lowest BCUT2D eigenvalue weighted by atomic mass is 10.0. The highest BCUT2D eigenvalue weighted by Gasteiger charge is 2.19. The fourth-order valence-electron chi connectivity index (χ4n) is 10.6. The third-order valence-electron chi connectivity index (χ3n) is 15.6. The van der Waals surface area contributed by atoms with E-state index in [2.05, 4.69) is 20.8 Å². The number of ether oxygens (including phenoxy) is 3. The molecule has 0 aromatic heterocycles. The van der Waals surface area contributed by atoms with Crippen LogP contribution in [-0.2, 0) is 28.6 Å². The van der Waals surface area contributed by atoms with Crippen LogP contribution in [0.15, 0.2) is 0 Å². The second-order valence-corrected chi connectivity index (χ2v) is 23.1. The van der Waals surface area contributed by atoms with E-state index in [0.717, 1.165) is 57.8 Å². The second kappa shape index (κ2) is 62.9. The molecule has 0 amide bonds. The van der Waals surface area contributed by atoms with E-state index in [1.54, 1.807) is 0 Å². The molecule has 0 radical (unpaired) electrons. The van der Waals surface area contributed by atoms with Crippen LogP contribution in [0.5, 0.6) is 0 Å². The van der Waals surface area contributed by atoms with E-state index in [1.165, 1.54) is 295 Å². The molecule has 0 aromatic carbocycles.